The molecule has 0 N–H and O–H groups in total. The standard InChI is InChI=1S/C10H7ClFNO2/c1-15-9-3-2-6(8(14)4-11)7(5-13)10(9)12/h2-3H,4H2,1H3. The van der Waals surface area contributed by atoms with E-state index in [-0.39, 0.29) is 22.8 Å². The Balaban J connectivity index is 3.39. The van der Waals surface area contributed by atoms with E-state index in [1.165, 1.54) is 19.2 Å². The number of nitriles is 1. The van der Waals surface area contributed by atoms with Crippen LogP contribution in [0.3, 0.4) is 0 Å². The van der Waals surface area contributed by atoms with Crippen LogP contribution in [-0.2, 0) is 0 Å². The van der Waals surface area contributed by atoms with Crippen LogP contribution in [0.5, 0.6) is 5.75 Å². The minimum atomic E-state index is -0.837. The molecule has 0 atom stereocenters. The third kappa shape index (κ3) is 2.08. The Morgan fingerprint density at radius 2 is 2.33 bits per heavy atom. The summed E-state index contributed by atoms with van der Waals surface area (Å²) in [6.07, 6.45) is 0. The van der Waals surface area contributed by atoms with Crippen LogP contribution in [0, 0.1) is 17.1 Å². The molecule has 0 fully saturated rings. The van der Waals surface area contributed by atoms with Gasteiger partial charge in [-0.1, -0.05) is 0 Å². The summed E-state index contributed by atoms with van der Waals surface area (Å²) in [5, 5.41) is 8.72. The molecule has 0 radical (unpaired) electrons. The fourth-order valence-corrected chi connectivity index (χ4v) is 1.27. The maximum Gasteiger partial charge on any atom is 0.183 e. The number of Topliss-reactive ketones (excluding diaryl/α,β-unsaturated/α-hetero) is 1. The van der Waals surface area contributed by atoms with Crippen LogP contribution in [0.25, 0.3) is 0 Å². The zero-order valence-electron chi connectivity index (χ0n) is 7.88. The molecule has 0 spiro atoms. The van der Waals surface area contributed by atoms with E-state index in [0.29, 0.717) is 0 Å². The molecule has 0 saturated carbocycles. The molecule has 1 aromatic rings. The van der Waals surface area contributed by atoms with Crippen LogP contribution in [0.2, 0.25) is 0 Å². The molecule has 78 valence electrons. The number of carbonyl (C=O) groups excluding carboxylic acids is 1. The van der Waals surface area contributed by atoms with Crippen LogP contribution in [0.15, 0.2) is 12.1 Å². The summed E-state index contributed by atoms with van der Waals surface area (Å²) in [4.78, 5) is 11.3. The lowest BCUT2D eigenvalue weighted by Gasteiger charge is -2.06. The van der Waals surface area contributed by atoms with Crippen LogP contribution in [-0.4, -0.2) is 18.8 Å². The molecule has 3 nitrogen and oxygen atoms in total. The molecule has 5 heteroatoms. The number of rotatable bonds is 3. The maximum atomic E-state index is 13.5. The summed E-state index contributed by atoms with van der Waals surface area (Å²) in [5.74, 6) is -1.69. The summed E-state index contributed by atoms with van der Waals surface area (Å²) >= 11 is 5.33. The first-order valence-corrected chi connectivity index (χ1v) is 4.55. The van der Waals surface area contributed by atoms with Gasteiger partial charge < -0.3 is 4.74 Å². The third-order valence-corrected chi connectivity index (χ3v) is 2.10. The fraction of sp³-hybridized carbons (Fsp3) is 0.200. The first-order valence-electron chi connectivity index (χ1n) is 4.01. The molecule has 0 amide bonds. The van der Waals surface area contributed by atoms with Crippen molar-refractivity contribution >= 4 is 17.4 Å². The number of nitrogens with zero attached hydrogens (tertiary/aromatic N) is 1. The second-order valence-electron chi connectivity index (χ2n) is 2.67. The normalized spacial score (nSPS) is 9.47. The lowest BCUT2D eigenvalue weighted by molar-refractivity contribution is 0.102. The zero-order valence-corrected chi connectivity index (χ0v) is 8.64. The minimum Gasteiger partial charge on any atom is -0.494 e. The van der Waals surface area contributed by atoms with Crippen molar-refractivity contribution < 1.29 is 13.9 Å². The summed E-state index contributed by atoms with van der Waals surface area (Å²) in [7, 11) is 1.28. The number of carbonyl (C=O) groups is 1. The van der Waals surface area contributed by atoms with Gasteiger partial charge in [0.1, 0.15) is 11.6 Å². The van der Waals surface area contributed by atoms with Gasteiger partial charge in [0, 0.05) is 5.56 Å². The summed E-state index contributed by atoms with van der Waals surface area (Å²) < 4.78 is 18.2. The summed E-state index contributed by atoms with van der Waals surface area (Å²) in [5.41, 5.74) is -0.356. The van der Waals surface area contributed by atoms with Crippen LogP contribution in [0.1, 0.15) is 15.9 Å². The maximum absolute atomic E-state index is 13.5. The second kappa shape index (κ2) is 4.76. The molecule has 0 saturated heterocycles. The zero-order chi connectivity index (χ0) is 11.4. The fourth-order valence-electron chi connectivity index (χ4n) is 1.13. The molecule has 0 bridgehead atoms. The quantitative estimate of drug-likeness (QED) is 0.587. The lowest BCUT2D eigenvalue weighted by atomic mass is 10.0. The van der Waals surface area contributed by atoms with Gasteiger partial charge in [-0.05, 0) is 12.1 Å². The smallest absolute Gasteiger partial charge is 0.183 e. The minimum absolute atomic E-state index is 0.0224. The van der Waals surface area contributed by atoms with Crippen molar-refractivity contribution in [3.05, 3.63) is 29.1 Å². The van der Waals surface area contributed by atoms with E-state index >= 15 is 0 Å². The SMILES string of the molecule is COc1ccc(C(=O)CCl)c(C#N)c1F. The van der Waals surface area contributed by atoms with Crippen molar-refractivity contribution in [2.24, 2.45) is 0 Å². The van der Waals surface area contributed by atoms with Crippen molar-refractivity contribution in [1.29, 1.82) is 5.26 Å². The molecule has 0 aliphatic carbocycles. The van der Waals surface area contributed by atoms with Crippen LogP contribution < -0.4 is 4.74 Å². The molecular formula is C10H7ClFNO2. The summed E-state index contributed by atoms with van der Waals surface area (Å²) in [6.45, 7) is 0. The van der Waals surface area contributed by atoms with Gasteiger partial charge in [0.25, 0.3) is 0 Å². The Hall–Kier alpha value is -1.60. The molecule has 0 unspecified atom stereocenters. The topological polar surface area (TPSA) is 50.1 Å². The Morgan fingerprint density at radius 3 is 2.80 bits per heavy atom. The molecule has 15 heavy (non-hydrogen) atoms. The first kappa shape index (κ1) is 11.5. The largest absolute Gasteiger partial charge is 0.494 e. The lowest BCUT2D eigenvalue weighted by Crippen LogP contribution is -2.06. The van der Waals surface area contributed by atoms with E-state index in [1.54, 1.807) is 6.07 Å². The molecule has 0 heterocycles. The van der Waals surface area contributed by atoms with Gasteiger partial charge in [0.05, 0.1) is 13.0 Å². The molecule has 1 rings (SSSR count). The van der Waals surface area contributed by atoms with E-state index in [0.717, 1.165) is 0 Å². The van der Waals surface area contributed by atoms with Gasteiger partial charge in [0.15, 0.2) is 17.3 Å². The van der Waals surface area contributed by atoms with Gasteiger partial charge in [0.2, 0.25) is 0 Å². The number of ether oxygens (including phenoxy) is 1. The van der Waals surface area contributed by atoms with Crippen molar-refractivity contribution in [3.8, 4) is 11.8 Å². The van der Waals surface area contributed by atoms with E-state index < -0.39 is 11.6 Å². The van der Waals surface area contributed by atoms with Gasteiger partial charge in [-0.15, -0.1) is 11.6 Å². The Kier molecular flexibility index (Phi) is 3.64. The molecule has 0 aliphatic rings. The van der Waals surface area contributed by atoms with E-state index in [4.69, 9.17) is 16.9 Å². The number of methoxy groups -OCH3 is 1. The highest BCUT2D eigenvalue weighted by Crippen LogP contribution is 2.23. The van der Waals surface area contributed by atoms with Gasteiger partial charge >= 0.3 is 0 Å². The molecular weight excluding hydrogens is 221 g/mol. The Labute approximate surface area is 91.0 Å². The number of alkyl halides is 1. The predicted molar refractivity (Wildman–Crippen MR) is 52.7 cm³/mol. The number of hydrogen-bond donors (Lipinski definition) is 0. The van der Waals surface area contributed by atoms with Gasteiger partial charge in [-0.25, -0.2) is 4.39 Å². The average molecular weight is 228 g/mol. The third-order valence-electron chi connectivity index (χ3n) is 1.86. The highest BCUT2D eigenvalue weighted by atomic mass is 35.5. The summed E-state index contributed by atoms with van der Waals surface area (Å²) in [6, 6.07) is 4.23. The first-order chi connectivity index (χ1) is 7.15. The number of benzene rings is 1. The Morgan fingerprint density at radius 1 is 1.67 bits per heavy atom. The number of hydrogen-bond acceptors (Lipinski definition) is 3. The van der Waals surface area contributed by atoms with Crippen molar-refractivity contribution in [3.63, 3.8) is 0 Å². The highest BCUT2D eigenvalue weighted by Gasteiger charge is 2.17. The monoisotopic (exact) mass is 227 g/mol. The highest BCUT2D eigenvalue weighted by molar-refractivity contribution is 6.30. The van der Waals surface area contributed by atoms with Gasteiger partial charge in [-0.3, -0.25) is 4.79 Å². The van der Waals surface area contributed by atoms with Crippen molar-refractivity contribution in [1.82, 2.24) is 0 Å². The molecule has 0 aromatic heterocycles. The van der Waals surface area contributed by atoms with Crippen molar-refractivity contribution in [2.75, 3.05) is 13.0 Å². The van der Waals surface area contributed by atoms with Gasteiger partial charge in [-0.2, -0.15) is 5.26 Å². The molecule has 1 aromatic carbocycles. The second-order valence-corrected chi connectivity index (χ2v) is 2.94. The molecule has 0 aliphatic heterocycles. The Bertz CT molecular complexity index is 440. The van der Waals surface area contributed by atoms with Crippen LogP contribution in [0.4, 0.5) is 4.39 Å². The van der Waals surface area contributed by atoms with E-state index in [2.05, 4.69) is 4.74 Å². The van der Waals surface area contributed by atoms with E-state index in [1.807, 2.05) is 0 Å². The van der Waals surface area contributed by atoms with Crippen molar-refractivity contribution in [2.45, 2.75) is 0 Å². The predicted octanol–water partition coefficient (Wildman–Crippen LogP) is 2.13. The van der Waals surface area contributed by atoms with E-state index in [9.17, 15) is 9.18 Å². The number of ketones is 1. The van der Waals surface area contributed by atoms with Crippen LogP contribution >= 0.6 is 11.6 Å². The number of halogens is 2. The average Bonchev–Trinajstić information content (AvgIpc) is 2.27.